The number of aryl methyl sites for hydroxylation is 1. The first-order valence-corrected chi connectivity index (χ1v) is 7.57. The van der Waals surface area contributed by atoms with E-state index < -0.39 is 11.4 Å². The van der Waals surface area contributed by atoms with Crippen LogP contribution in [0.15, 0.2) is 22.7 Å². The van der Waals surface area contributed by atoms with Crippen LogP contribution in [-0.4, -0.2) is 31.3 Å². The molecule has 1 aromatic carbocycles. The first-order valence-electron chi connectivity index (χ1n) is 6.77. The molecule has 1 aliphatic rings. The molecule has 0 unspecified atom stereocenters. The Morgan fingerprint density at radius 3 is 2.76 bits per heavy atom. The summed E-state index contributed by atoms with van der Waals surface area (Å²) < 4.78 is 2.55. The van der Waals surface area contributed by atoms with Gasteiger partial charge in [0.25, 0.3) is 0 Å². The zero-order valence-electron chi connectivity index (χ0n) is 11.6. The van der Waals surface area contributed by atoms with Gasteiger partial charge in [0.2, 0.25) is 0 Å². The molecular formula is C14H15BrN4O2. The molecule has 0 atom stereocenters. The average Bonchev–Trinajstić information content (AvgIpc) is 2.80. The predicted octanol–water partition coefficient (Wildman–Crippen LogP) is 2.67. The molecule has 3 rings (SSSR count). The molecule has 1 aromatic heterocycles. The van der Waals surface area contributed by atoms with Gasteiger partial charge < -0.3 is 5.11 Å². The number of carboxylic acid groups (broad SMARTS) is 1. The van der Waals surface area contributed by atoms with E-state index in [4.69, 9.17) is 0 Å². The SMILES string of the molecule is Cc1cc(Br)cc(-c2nnnn2CC2(C(=O)O)CCC2)c1. The van der Waals surface area contributed by atoms with Crippen LogP contribution in [0, 0.1) is 12.3 Å². The summed E-state index contributed by atoms with van der Waals surface area (Å²) >= 11 is 3.46. The van der Waals surface area contributed by atoms with E-state index >= 15 is 0 Å². The van der Waals surface area contributed by atoms with Crippen molar-refractivity contribution in [3.63, 3.8) is 0 Å². The maximum Gasteiger partial charge on any atom is 0.311 e. The third-order valence-electron chi connectivity index (χ3n) is 4.05. The molecule has 0 saturated heterocycles. The molecule has 1 fully saturated rings. The number of nitrogens with zero attached hydrogens (tertiary/aromatic N) is 4. The number of benzene rings is 1. The van der Waals surface area contributed by atoms with Crippen molar-refractivity contribution in [1.29, 1.82) is 0 Å². The highest BCUT2D eigenvalue weighted by Crippen LogP contribution is 2.43. The van der Waals surface area contributed by atoms with Crippen LogP contribution < -0.4 is 0 Å². The van der Waals surface area contributed by atoms with E-state index in [1.54, 1.807) is 4.68 Å². The van der Waals surface area contributed by atoms with Crippen LogP contribution in [0.5, 0.6) is 0 Å². The summed E-state index contributed by atoms with van der Waals surface area (Å²) in [6.45, 7) is 2.31. The van der Waals surface area contributed by atoms with Gasteiger partial charge in [-0.2, -0.15) is 0 Å². The number of hydrogen-bond donors (Lipinski definition) is 1. The van der Waals surface area contributed by atoms with Crippen LogP contribution in [0.25, 0.3) is 11.4 Å². The molecule has 1 heterocycles. The first kappa shape index (κ1) is 14.2. The van der Waals surface area contributed by atoms with Crippen LogP contribution in [0.4, 0.5) is 0 Å². The molecule has 21 heavy (non-hydrogen) atoms. The van der Waals surface area contributed by atoms with Gasteiger partial charge in [-0.05, 0) is 54.0 Å². The fourth-order valence-electron chi connectivity index (χ4n) is 2.71. The molecule has 110 valence electrons. The van der Waals surface area contributed by atoms with Gasteiger partial charge in [0.05, 0.1) is 12.0 Å². The summed E-state index contributed by atoms with van der Waals surface area (Å²) in [5.74, 6) is -0.160. The molecule has 1 aliphatic carbocycles. The second-order valence-corrected chi connectivity index (χ2v) is 6.53. The third kappa shape index (κ3) is 2.57. The van der Waals surface area contributed by atoms with Crippen molar-refractivity contribution in [3.8, 4) is 11.4 Å². The van der Waals surface area contributed by atoms with Crippen molar-refractivity contribution < 1.29 is 9.90 Å². The zero-order chi connectivity index (χ0) is 15.0. The lowest BCUT2D eigenvalue weighted by molar-refractivity contribution is -0.156. The Balaban J connectivity index is 1.96. The van der Waals surface area contributed by atoms with E-state index in [1.165, 1.54) is 0 Å². The number of carboxylic acids is 1. The number of halogens is 1. The van der Waals surface area contributed by atoms with Gasteiger partial charge in [0.15, 0.2) is 5.82 Å². The summed E-state index contributed by atoms with van der Waals surface area (Å²) in [4.78, 5) is 11.5. The van der Waals surface area contributed by atoms with Gasteiger partial charge >= 0.3 is 5.97 Å². The van der Waals surface area contributed by atoms with Crippen molar-refractivity contribution >= 4 is 21.9 Å². The zero-order valence-corrected chi connectivity index (χ0v) is 13.2. The summed E-state index contributed by atoms with van der Waals surface area (Å²) in [6, 6.07) is 5.92. The molecule has 0 aliphatic heterocycles. The average molecular weight is 351 g/mol. The monoisotopic (exact) mass is 350 g/mol. The minimum atomic E-state index is -0.763. The maximum absolute atomic E-state index is 11.5. The summed E-state index contributed by atoms with van der Waals surface area (Å²) in [5, 5.41) is 21.2. The molecule has 2 aromatic rings. The second kappa shape index (κ2) is 5.22. The van der Waals surface area contributed by atoms with E-state index in [1.807, 2.05) is 25.1 Å². The Labute approximate surface area is 130 Å². The second-order valence-electron chi connectivity index (χ2n) is 5.62. The van der Waals surface area contributed by atoms with Gasteiger partial charge in [0, 0.05) is 10.0 Å². The number of aromatic nitrogens is 4. The van der Waals surface area contributed by atoms with E-state index in [9.17, 15) is 9.90 Å². The normalized spacial score (nSPS) is 16.5. The van der Waals surface area contributed by atoms with E-state index in [2.05, 4.69) is 31.5 Å². The van der Waals surface area contributed by atoms with E-state index in [0.29, 0.717) is 25.2 Å². The van der Waals surface area contributed by atoms with E-state index in [-0.39, 0.29) is 0 Å². The number of hydrogen-bond acceptors (Lipinski definition) is 4. The van der Waals surface area contributed by atoms with Crippen molar-refractivity contribution in [1.82, 2.24) is 20.2 Å². The van der Waals surface area contributed by atoms with Gasteiger partial charge in [-0.3, -0.25) is 4.79 Å². The molecule has 6 nitrogen and oxygen atoms in total. The minimum Gasteiger partial charge on any atom is -0.481 e. The Hall–Kier alpha value is -1.76. The van der Waals surface area contributed by atoms with E-state index in [0.717, 1.165) is 22.0 Å². The highest BCUT2D eigenvalue weighted by molar-refractivity contribution is 9.10. The number of aliphatic carboxylic acids is 1. The van der Waals surface area contributed by atoms with Crippen LogP contribution in [0.1, 0.15) is 24.8 Å². The van der Waals surface area contributed by atoms with Crippen molar-refractivity contribution in [2.24, 2.45) is 5.41 Å². The Kier molecular flexibility index (Phi) is 3.52. The van der Waals surface area contributed by atoms with Gasteiger partial charge in [-0.25, -0.2) is 4.68 Å². The van der Waals surface area contributed by atoms with Crippen LogP contribution in [0.3, 0.4) is 0 Å². The molecular weight excluding hydrogens is 336 g/mol. The summed E-state index contributed by atoms with van der Waals surface area (Å²) in [6.07, 6.45) is 2.30. The molecule has 0 bridgehead atoms. The Morgan fingerprint density at radius 2 is 2.19 bits per heavy atom. The molecule has 0 spiro atoms. The largest absolute Gasteiger partial charge is 0.481 e. The topological polar surface area (TPSA) is 80.9 Å². The molecule has 1 N–H and O–H groups in total. The fourth-order valence-corrected chi connectivity index (χ4v) is 3.32. The molecule has 1 saturated carbocycles. The third-order valence-corrected chi connectivity index (χ3v) is 4.51. The molecule has 0 radical (unpaired) electrons. The number of rotatable bonds is 4. The maximum atomic E-state index is 11.5. The van der Waals surface area contributed by atoms with Crippen molar-refractivity contribution in [2.45, 2.75) is 32.7 Å². The highest BCUT2D eigenvalue weighted by Gasteiger charge is 2.45. The van der Waals surface area contributed by atoms with Crippen molar-refractivity contribution in [3.05, 3.63) is 28.2 Å². The summed E-state index contributed by atoms with van der Waals surface area (Å²) in [7, 11) is 0. The lowest BCUT2D eigenvalue weighted by Gasteiger charge is -2.37. The van der Waals surface area contributed by atoms with Crippen LogP contribution >= 0.6 is 15.9 Å². The predicted molar refractivity (Wildman–Crippen MR) is 79.6 cm³/mol. The van der Waals surface area contributed by atoms with Crippen LogP contribution in [0.2, 0.25) is 0 Å². The van der Waals surface area contributed by atoms with Gasteiger partial charge in [-0.1, -0.05) is 22.4 Å². The standard InChI is InChI=1S/C14H15BrN4O2/c1-9-5-10(7-11(15)6-9)12-16-17-18-19(12)8-14(13(20)21)3-2-4-14/h5-7H,2-4,8H2,1H3,(H,20,21). The van der Waals surface area contributed by atoms with Gasteiger partial charge in [0.1, 0.15) is 0 Å². The smallest absolute Gasteiger partial charge is 0.311 e. The molecule has 7 heteroatoms. The number of tetrazole rings is 1. The number of carbonyl (C=O) groups is 1. The lowest BCUT2D eigenvalue weighted by atomic mass is 9.69. The van der Waals surface area contributed by atoms with Crippen LogP contribution in [-0.2, 0) is 11.3 Å². The highest BCUT2D eigenvalue weighted by atomic mass is 79.9. The fraction of sp³-hybridized carbons (Fsp3) is 0.429. The Bertz CT molecular complexity index is 674. The molecule has 0 amide bonds. The minimum absolute atomic E-state index is 0.316. The quantitative estimate of drug-likeness (QED) is 0.916. The first-order chi connectivity index (χ1) is 10.00. The Morgan fingerprint density at radius 1 is 1.43 bits per heavy atom. The lowest BCUT2D eigenvalue weighted by Crippen LogP contribution is -2.42. The van der Waals surface area contributed by atoms with Gasteiger partial charge in [-0.15, -0.1) is 5.10 Å². The summed E-state index contributed by atoms with van der Waals surface area (Å²) in [5.41, 5.74) is 1.25. The van der Waals surface area contributed by atoms with Crippen molar-refractivity contribution in [2.75, 3.05) is 0 Å².